The Morgan fingerprint density at radius 3 is 2.37 bits per heavy atom. The molecule has 1 amide bonds. The van der Waals surface area contributed by atoms with Gasteiger partial charge in [-0.05, 0) is 45.9 Å². The van der Waals surface area contributed by atoms with E-state index in [4.69, 9.17) is 0 Å². The van der Waals surface area contributed by atoms with E-state index >= 15 is 0 Å². The summed E-state index contributed by atoms with van der Waals surface area (Å²) in [5, 5.41) is 2.27. The number of allylic oxidation sites excluding steroid dienone is 1. The second kappa shape index (κ2) is 8.35. The molecule has 3 nitrogen and oxygen atoms in total. The summed E-state index contributed by atoms with van der Waals surface area (Å²) < 4.78 is 0. The van der Waals surface area contributed by atoms with Crippen LogP contribution in [0, 0.1) is 11.8 Å². The number of fused-ring (bicyclic) bond motifs is 3. The Labute approximate surface area is 205 Å². The topological polar surface area (TPSA) is 37.4 Å². The van der Waals surface area contributed by atoms with Crippen LogP contribution >= 0.6 is 0 Å². The minimum Gasteiger partial charge on any atom is -0.307 e. The molecular formula is C32H27NO2. The van der Waals surface area contributed by atoms with E-state index in [-0.39, 0.29) is 23.7 Å². The van der Waals surface area contributed by atoms with E-state index in [1.165, 1.54) is 0 Å². The first-order valence-electron chi connectivity index (χ1n) is 12.2. The molecule has 1 aliphatic carbocycles. The Bertz CT molecular complexity index is 1440. The number of hydrogen-bond donors (Lipinski definition) is 0. The summed E-state index contributed by atoms with van der Waals surface area (Å²) >= 11 is 0. The number of nitrogens with zero attached hydrogens (tertiary/aromatic N) is 1. The van der Waals surface area contributed by atoms with E-state index in [2.05, 4.69) is 55.1 Å². The Morgan fingerprint density at radius 1 is 0.886 bits per heavy atom. The van der Waals surface area contributed by atoms with E-state index in [0.29, 0.717) is 13.0 Å². The molecule has 0 bridgehead atoms. The van der Waals surface area contributed by atoms with Gasteiger partial charge in [0.15, 0.2) is 0 Å². The highest BCUT2D eigenvalue weighted by Gasteiger charge is 2.63. The van der Waals surface area contributed by atoms with Gasteiger partial charge >= 0.3 is 0 Å². The molecule has 4 aromatic rings. The van der Waals surface area contributed by atoms with Crippen molar-refractivity contribution in [2.45, 2.75) is 24.3 Å². The number of anilines is 1. The number of carbonyl (C=O) groups excluding carboxylic acids is 2. The Morgan fingerprint density at radius 2 is 1.60 bits per heavy atom. The van der Waals surface area contributed by atoms with Gasteiger partial charge in [-0.1, -0.05) is 97.1 Å². The fourth-order valence-corrected chi connectivity index (χ4v) is 6.51. The molecule has 172 valence electrons. The molecule has 1 saturated carbocycles. The first kappa shape index (κ1) is 21.5. The van der Waals surface area contributed by atoms with E-state index in [9.17, 15) is 9.59 Å². The van der Waals surface area contributed by atoms with Crippen LogP contribution in [0.3, 0.4) is 0 Å². The Hall–Kier alpha value is -3.98. The van der Waals surface area contributed by atoms with Crippen LogP contribution in [0.5, 0.6) is 0 Å². The lowest BCUT2D eigenvalue weighted by Gasteiger charge is -2.33. The number of para-hydroxylation sites is 1. The van der Waals surface area contributed by atoms with Crippen molar-refractivity contribution in [3.8, 4) is 0 Å². The number of carbonyl (C=O) groups is 2. The maximum absolute atomic E-state index is 14.5. The van der Waals surface area contributed by atoms with E-state index in [0.717, 1.165) is 39.4 Å². The zero-order valence-electron chi connectivity index (χ0n) is 19.5. The molecule has 0 unspecified atom stereocenters. The summed E-state index contributed by atoms with van der Waals surface area (Å²) in [5.41, 5.74) is 3.28. The second-order valence-electron chi connectivity index (χ2n) is 9.77. The molecule has 4 atom stereocenters. The van der Waals surface area contributed by atoms with Gasteiger partial charge in [-0.25, -0.2) is 0 Å². The van der Waals surface area contributed by atoms with Crippen molar-refractivity contribution in [1.29, 1.82) is 0 Å². The Kier molecular flexibility index (Phi) is 5.14. The van der Waals surface area contributed by atoms with Gasteiger partial charge in [0.05, 0.1) is 12.0 Å². The number of benzene rings is 4. The molecule has 1 heterocycles. The quantitative estimate of drug-likeness (QED) is 0.256. The van der Waals surface area contributed by atoms with Crippen molar-refractivity contribution >= 4 is 28.7 Å². The minimum absolute atomic E-state index is 0.0716. The van der Waals surface area contributed by atoms with Gasteiger partial charge in [0.2, 0.25) is 5.91 Å². The highest BCUT2D eigenvalue weighted by Crippen LogP contribution is 2.62. The fraction of sp³-hybridized carbons (Fsp3) is 0.188. The van der Waals surface area contributed by atoms with Gasteiger partial charge in [-0.2, -0.15) is 0 Å². The standard InChI is InChI=1S/C32H27NO2/c1-2-23-19-32(30(27(23)21-34)26-17-16-24-12-6-7-13-25(24)18-26)28-14-8-9-15-29(28)33(31(32)35)20-22-10-4-3-5-11-22/h2-18,21,23,27,30H,1,19-20H2/t23-,27-,30+,32-/m0/s1. The lowest BCUT2D eigenvalue weighted by molar-refractivity contribution is -0.124. The third-order valence-corrected chi connectivity index (χ3v) is 8.05. The van der Waals surface area contributed by atoms with Crippen molar-refractivity contribution in [1.82, 2.24) is 0 Å². The van der Waals surface area contributed by atoms with Crippen molar-refractivity contribution in [3.63, 3.8) is 0 Å². The van der Waals surface area contributed by atoms with Crippen LogP contribution < -0.4 is 4.90 Å². The summed E-state index contributed by atoms with van der Waals surface area (Å²) in [5.74, 6) is -0.570. The van der Waals surface area contributed by atoms with Gasteiger partial charge in [-0.15, -0.1) is 6.58 Å². The molecule has 4 aromatic carbocycles. The number of rotatable bonds is 5. The molecule has 35 heavy (non-hydrogen) atoms. The molecule has 1 spiro atoms. The molecule has 0 N–H and O–H groups in total. The lowest BCUT2D eigenvalue weighted by Crippen LogP contribution is -2.43. The first-order valence-corrected chi connectivity index (χ1v) is 12.2. The molecule has 3 heteroatoms. The molecule has 2 aliphatic rings. The molecule has 0 aromatic heterocycles. The summed E-state index contributed by atoms with van der Waals surface area (Å²) in [6.45, 7) is 4.56. The van der Waals surface area contributed by atoms with Gasteiger partial charge in [-0.3, -0.25) is 4.79 Å². The fourth-order valence-electron chi connectivity index (χ4n) is 6.51. The van der Waals surface area contributed by atoms with Crippen LogP contribution in [0.4, 0.5) is 5.69 Å². The summed E-state index contributed by atoms with van der Waals surface area (Å²) in [6.07, 6.45) is 3.51. The Balaban J connectivity index is 1.55. The average molecular weight is 458 g/mol. The third kappa shape index (κ3) is 3.19. The number of aldehydes is 1. The number of amides is 1. The molecular weight excluding hydrogens is 430 g/mol. The highest BCUT2D eigenvalue weighted by molar-refractivity contribution is 6.09. The smallest absolute Gasteiger partial charge is 0.238 e. The summed E-state index contributed by atoms with van der Waals surface area (Å²) in [4.78, 5) is 29.0. The first-order chi connectivity index (χ1) is 17.2. The average Bonchev–Trinajstić information content (AvgIpc) is 3.37. The predicted octanol–water partition coefficient (Wildman–Crippen LogP) is 6.43. The van der Waals surface area contributed by atoms with Crippen LogP contribution in [0.15, 0.2) is 110 Å². The minimum atomic E-state index is -0.807. The largest absolute Gasteiger partial charge is 0.307 e. The third-order valence-electron chi connectivity index (χ3n) is 8.05. The number of hydrogen-bond acceptors (Lipinski definition) is 2. The van der Waals surface area contributed by atoms with Gasteiger partial charge < -0.3 is 9.69 Å². The van der Waals surface area contributed by atoms with Gasteiger partial charge in [0.25, 0.3) is 0 Å². The summed E-state index contributed by atoms with van der Waals surface area (Å²) in [7, 11) is 0. The van der Waals surface area contributed by atoms with Gasteiger partial charge in [0.1, 0.15) is 6.29 Å². The van der Waals surface area contributed by atoms with Crippen LogP contribution in [0.25, 0.3) is 10.8 Å². The maximum atomic E-state index is 14.5. The zero-order valence-corrected chi connectivity index (χ0v) is 19.5. The zero-order chi connectivity index (χ0) is 24.0. The molecule has 6 rings (SSSR count). The van der Waals surface area contributed by atoms with E-state index in [1.807, 2.05) is 59.5 Å². The second-order valence-corrected chi connectivity index (χ2v) is 9.77. The van der Waals surface area contributed by atoms with E-state index in [1.54, 1.807) is 0 Å². The van der Waals surface area contributed by atoms with E-state index < -0.39 is 5.41 Å². The highest BCUT2D eigenvalue weighted by atomic mass is 16.2. The maximum Gasteiger partial charge on any atom is 0.238 e. The van der Waals surface area contributed by atoms with Crippen LogP contribution in [0.1, 0.15) is 29.0 Å². The molecule has 1 aliphatic heterocycles. The summed E-state index contributed by atoms with van der Waals surface area (Å²) in [6, 6.07) is 32.8. The normalized spacial score (nSPS) is 25.2. The molecule has 0 radical (unpaired) electrons. The van der Waals surface area contributed by atoms with Crippen molar-refractivity contribution in [3.05, 3.63) is 126 Å². The van der Waals surface area contributed by atoms with Crippen molar-refractivity contribution < 1.29 is 9.59 Å². The monoisotopic (exact) mass is 457 g/mol. The van der Waals surface area contributed by atoms with Crippen LogP contribution in [-0.2, 0) is 21.5 Å². The molecule has 1 fully saturated rings. The molecule has 0 saturated heterocycles. The van der Waals surface area contributed by atoms with Crippen LogP contribution in [-0.4, -0.2) is 12.2 Å². The predicted molar refractivity (Wildman–Crippen MR) is 140 cm³/mol. The van der Waals surface area contributed by atoms with Gasteiger partial charge in [0, 0.05) is 17.5 Å². The lowest BCUT2D eigenvalue weighted by atomic mass is 9.68. The SMILES string of the molecule is C=C[C@H]1C[C@@]2(C(=O)N(Cc3ccccc3)c3ccccc32)[C@H](c2ccc3ccccc3c2)[C@H]1C=O. The van der Waals surface area contributed by atoms with Crippen molar-refractivity contribution in [2.24, 2.45) is 11.8 Å². The van der Waals surface area contributed by atoms with Crippen molar-refractivity contribution in [2.75, 3.05) is 4.90 Å². The van der Waals surface area contributed by atoms with Crippen LogP contribution in [0.2, 0.25) is 0 Å².